The predicted octanol–water partition coefficient (Wildman–Crippen LogP) is 1.52. The Balaban J connectivity index is 1.91. The van der Waals surface area contributed by atoms with Crippen molar-refractivity contribution in [3.8, 4) is 5.75 Å². The molecule has 76 valence electrons. The molecule has 1 aromatic rings. The van der Waals surface area contributed by atoms with Crippen LogP contribution in [0.4, 0.5) is 0 Å². The van der Waals surface area contributed by atoms with Crippen LogP contribution in [-0.4, -0.2) is 24.4 Å². The minimum Gasteiger partial charge on any atom is -0.491 e. The lowest BCUT2D eigenvalue weighted by molar-refractivity contribution is 0.199. The summed E-state index contributed by atoms with van der Waals surface area (Å²) in [5, 5.41) is 9.28. The molecule has 1 heterocycles. The lowest BCUT2D eigenvalue weighted by atomic mass is 10.1. The second-order valence-corrected chi connectivity index (χ2v) is 3.51. The van der Waals surface area contributed by atoms with Crippen molar-refractivity contribution in [3.63, 3.8) is 0 Å². The average Bonchev–Trinajstić information content (AvgIpc) is 2.99. The quantitative estimate of drug-likeness (QED) is 0.739. The third-order valence-electron chi connectivity index (χ3n) is 2.20. The molecule has 0 aliphatic carbocycles. The van der Waals surface area contributed by atoms with Crippen LogP contribution in [0, 0.1) is 0 Å². The van der Waals surface area contributed by atoms with Gasteiger partial charge in [-0.3, -0.25) is 0 Å². The van der Waals surface area contributed by atoms with Crippen molar-refractivity contribution in [1.29, 1.82) is 0 Å². The van der Waals surface area contributed by atoms with Gasteiger partial charge in [0, 0.05) is 0 Å². The maximum Gasteiger partial charge on any atom is 0.119 e. The Morgan fingerprint density at radius 2 is 2.14 bits per heavy atom. The second kappa shape index (κ2) is 3.98. The molecule has 0 saturated carbocycles. The van der Waals surface area contributed by atoms with E-state index in [0.29, 0.717) is 6.61 Å². The number of hydrogen-bond acceptors (Lipinski definition) is 3. The summed E-state index contributed by atoms with van der Waals surface area (Å²) >= 11 is 0. The third-order valence-corrected chi connectivity index (χ3v) is 2.20. The monoisotopic (exact) mass is 194 g/mol. The van der Waals surface area contributed by atoms with E-state index in [2.05, 4.69) is 0 Å². The largest absolute Gasteiger partial charge is 0.491 e. The lowest BCUT2D eigenvalue weighted by Crippen LogP contribution is -2.04. The molecule has 1 aliphatic heterocycles. The molecule has 1 N–H and O–H groups in total. The average molecular weight is 194 g/mol. The van der Waals surface area contributed by atoms with E-state index < -0.39 is 6.10 Å². The van der Waals surface area contributed by atoms with Gasteiger partial charge in [-0.2, -0.15) is 0 Å². The molecular weight excluding hydrogens is 180 g/mol. The van der Waals surface area contributed by atoms with Crippen molar-refractivity contribution in [2.75, 3.05) is 13.2 Å². The van der Waals surface area contributed by atoms with Crippen LogP contribution in [-0.2, 0) is 4.74 Å². The van der Waals surface area contributed by atoms with Crippen LogP contribution < -0.4 is 4.74 Å². The molecule has 0 radical (unpaired) electrons. The highest BCUT2D eigenvalue weighted by Crippen LogP contribution is 2.18. The topological polar surface area (TPSA) is 42.0 Å². The fourth-order valence-electron chi connectivity index (χ4n) is 1.20. The van der Waals surface area contributed by atoms with Gasteiger partial charge in [-0.1, -0.05) is 12.1 Å². The SMILES string of the molecule is CC(O)c1ccc(OCC2CO2)cc1. The van der Waals surface area contributed by atoms with Gasteiger partial charge in [0.2, 0.25) is 0 Å². The lowest BCUT2D eigenvalue weighted by Gasteiger charge is -2.07. The van der Waals surface area contributed by atoms with E-state index in [1.54, 1.807) is 6.92 Å². The molecule has 3 heteroatoms. The van der Waals surface area contributed by atoms with E-state index in [1.807, 2.05) is 24.3 Å². The van der Waals surface area contributed by atoms with Gasteiger partial charge in [-0.05, 0) is 24.6 Å². The first-order valence-electron chi connectivity index (χ1n) is 4.78. The van der Waals surface area contributed by atoms with E-state index >= 15 is 0 Å². The Morgan fingerprint density at radius 1 is 1.50 bits per heavy atom. The molecule has 1 saturated heterocycles. The summed E-state index contributed by atoms with van der Waals surface area (Å²) < 4.78 is 10.5. The molecule has 2 rings (SSSR count). The number of aliphatic hydroxyl groups excluding tert-OH is 1. The second-order valence-electron chi connectivity index (χ2n) is 3.51. The van der Waals surface area contributed by atoms with Crippen LogP contribution in [0.3, 0.4) is 0 Å². The number of aliphatic hydroxyl groups is 1. The fourth-order valence-corrected chi connectivity index (χ4v) is 1.20. The zero-order valence-electron chi connectivity index (χ0n) is 8.14. The maximum atomic E-state index is 9.28. The molecule has 0 spiro atoms. The third kappa shape index (κ3) is 2.47. The van der Waals surface area contributed by atoms with Crippen molar-refractivity contribution in [1.82, 2.24) is 0 Å². The number of epoxide rings is 1. The molecule has 14 heavy (non-hydrogen) atoms. The van der Waals surface area contributed by atoms with Gasteiger partial charge in [0.05, 0.1) is 12.7 Å². The Morgan fingerprint density at radius 3 is 2.64 bits per heavy atom. The predicted molar refractivity (Wildman–Crippen MR) is 52.3 cm³/mol. The molecule has 3 nitrogen and oxygen atoms in total. The first-order chi connectivity index (χ1) is 6.75. The van der Waals surface area contributed by atoms with Gasteiger partial charge in [0.25, 0.3) is 0 Å². The van der Waals surface area contributed by atoms with E-state index in [9.17, 15) is 5.11 Å². The Labute approximate surface area is 83.3 Å². The van der Waals surface area contributed by atoms with Crippen molar-refractivity contribution in [3.05, 3.63) is 29.8 Å². The Hall–Kier alpha value is -1.06. The molecule has 2 unspecified atom stereocenters. The highest BCUT2D eigenvalue weighted by molar-refractivity contribution is 5.28. The van der Waals surface area contributed by atoms with E-state index in [-0.39, 0.29) is 6.10 Å². The number of hydrogen-bond donors (Lipinski definition) is 1. The van der Waals surface area contributed by atoms with Crippen LogP contribution in [0.15, 0.2) is 24.3 Å². The van der Waals surface area contributed by atoms with Gasteiger partial charge in [-0.15, -0.1) is 0 Å². The fraction of sp³-hybridized carbons (Fsp3) is 0.455. The zero-order chi connectivity index (χ0) is 9.97. The summed E-state index contributed by atoms with van der Waals surface area (Å²) in [6.07, 6.45) is -0.137. The van der Waals surface area contributed by atoms with Crippen LogP contribution in [0.25, 0.3) is 0 Å². The first-order valence-corrected chi connectivity index (χ1v) is 4.78. The minimum atomic E-state index is -0.421. The summed E-state index contributed by atoms with van der Waals surface area (Å²) in [7, 11) is 0. The van der Waals surface area contributed by atoms with Crippen molar-refractivity contribution in [2.24, 2.45) is 0 Å². The van der Waals surface area contributed by atoms with Gasteiger partial charge >= 0.3 is 0 Å². The highest BCUT2D eigenvalue weighted by Gasteiger charge is 2.22. The van der Waals surface area contributed by atoms with E-state index in [0.717, 1.165) is 17.9 Å². The van der Waals surface area contributed by atoms with Gasteiger partial charge < -0.3 is 14.6 Å². The molecule has 0 aromatic heterocycles. The van der Waals surface area contributed by atoms with Gasteiger partial charge in [0.1, 0.15) is 18.5 Å². The van der Waals surface area contributed by atoms with Crippen molar-refractivity contribution < 1.29 is 14.6 Å². The van der Waals surface area contributed by atoms with Crippen LogP contribution in [0.5, 0.6) is 5.75 Å². The molecule has 0 bridgehead atoms. The van der Waals surface area contributed by atoms with E-state index in [4.69, 9.17) is 9.47 Å². The van der Waals surface area contributed by atoms with Gasteiger partial charge in [-0.25, -0.2) is 0 Å². The van der Waals surface area contributed by atoms with Crippen LogP contribution in [0.2, 0.25) is 0 Å². The molecule has 1 aliphatic rings. The Bertz CT molecular complexity index is 288. The highest BCUT2D eigenvalue weighted by atomic mass is 16.6. The molecule has 0 amide bonds. The Kier molecular flexibility index (Phi) is 2.70. The minimum absolute atomic E-state index is 0.284. The molecule has 1 fully saturated rings. The summed E-state index contributed by atoms with van der Waals surface area (Å²) in [5.41, 5.74) is 0.903. The molecule has 1 aromatic carbocycles. The van der Waals surface area contributed by atoms with Crippen molar-refractivity contribution >= 4 is 0 Å². The van der Waals surface area contributed by atoms with Crippen LogP contribution in [0.1, 0.15) is 18.6 Å². The first kappa shape index (κ1) is 9.49. The summed E-state index contributed by atoms with van der Waals surface area (Å²) in [6, 6.07) is 7.47. The summed E-state index contributed by atoms with van der Waals surface area (Å²) in [4.78, 5) is 0. The molecular formula is C11H14O3. The number of benzene rings is 1. The normalized spacial score (nSPS) is 21.7. The van der Waals surface area contributed by atoms with Crippen LogP contribution >= 0.6 is 0 Å². The number of ether oxygens (including phenoxy) is 2. The van der Waals surface area contributed by atoms with Crippen molar-refractivity contribution in [2.45, 2.75) is 19.1 Å². The number of rotatable bonds is 4. The summed E-state index contributed by atoms with van der Waals surface area (Å²) in [6.45, 7) is 3.17. The van der Waals surface area contributed by atoms with E-state index in [1.165, 1.54) is 0 Å². The smallest absolute Gasteiger partial charge is 0.119 e. The van der Waals surface area contributed by atoms with Gasteiger partial charge in [0.15, 0.2) is 0 Å². The maximum absolute atomic E-state index is 9.28. The summed E-state index contributed by atoms with van der Waals surface area (Å²) in [5.74, 6) is 0.824. The zero-order valence-corrected chi connectivity index (χ0v) is 8.14. The molecule has 2 atom stereocenters. The standard InChI is InChI=1S/C11H14O3/c1-8(12)9-2-4-10(5-3-9)13-6-11-7-14-11/h2-5,8,11-12H,6-7H2,1H3.